The number of halogens is 2. The van der Waals surface area contributed by atoms with Gasteiger partial charge in [0.05, 0.1) is 21.1 Å². The molecule has 1 atom stereocenters. The van der Waals surface area contributed by atoms with E-state index in [0.29, 0.717) is 0 Å². The Balaban J connectivity index is 2.49. The molecule has 0 saturated heterocycles. The molecule has 0 radical (unpaired) electrons. The van der Waals surface area contributed by atoms with Crippen molar-refractivity contribution in [3.63, 3.8) is 0 Å². The second kappa shape index (κ2) is 5.92. The number of likely N-dealkylation sites (N-methyl/N-ethyl adjacent to an activating group) is 2. The van der Waals surface area contributed by atoms with Crippen LogP contribution in [0.5, 0.6) is 0 Å². The molecule has 1 rings (SSSR count). The molecule has 0 aliphatic rings. The van der Waals surface area contributed by atoms with Gasteiger partial charge in [-0.2, -0.15) is 0 Å². The summed E-state index contributed by atoms with van der Waals surface area (Å²) in [6.07, 6.45) is 0. The normalized spacial score (nSPS) is 13.1. The fourth-order valence-corrected chi connectivity index (χ4v) is 1.55. The van der Waals surface area contributed by atoms with Crippen LogP contribution in [0.25, 0.3) is 0 Å². The van der Waals surface area contributed by atoms with Crippen molar-refractivity contribution in [2.24, 2.45) is 0 Å². The molecule has 0 aliphatic carbocycles. The van der Waals surface area contributed by atoms with Crippen molar-refractivity contribution in [1.82, 2.24) is 0 Å². The molecule has 0 fully saturated rings. The van der Waals surface area contributed by atoms with Crippen molar-refractivity contribution < 1.29 is 18.6 Å². The first kappa shape index (κ1) is 13.1. The van der Waals surface area contributed by atoms with Crippen molar-refractivity contribution in [1.29, 1.82) is 0 Å². The van der Waals surface area contributed by atoms with Gasteiger partial charge in [-0.1, -0.05) is 6.07 Å². The minimum absolute atomic E-state index is 0.727. The molecule has 1 unspecified atom stereocenters. The van der Waals surface area contributed by atoms with E-state index >= 15 is 0 Å². The molecule has 2 N–H and O–H groups in total. The van der Waals surface area contributed by atoms with Gasteiger partial charge in [0.25, 0.3) is 0 Å². The van der Waals surface area contributed by atoms with E-state index < -0.39 is 11.6 Å². The Labute approximate surface area is 95.5 Å². The van der Waals surface area contributed by atoms with Gasteiger partial charge in [0.1, 0.15) is 19.6 Å². The molecule has 90 valence electrons. The Kier molecular flexibility index (Phi) is 4.83. The van der Waals surface area contributed by atoms with Gasteiger partial charge in [-0.25, -0.2) is 8.78 Å². The summed E-state index contributed by atoms with van der Waals surface area (Å²) in [6, 6.07) is 4.11. The van der Waals surface area contributed by atoms with Crippen LogP contribution in [0, 0.1) is 11.6 Å². The first-order valence-corrected chi connectivity index (χ1v) is 5.53. The van der Waals surface area contributed by atoms with E-state index in [4.69, 9.17) is 0 Å². The molecule has 4 heteroatoms. The van der Waals surface area contributed by atoms with Gasteiger partial charge in [0, 0.05) is 5.56 Å². The molecule has 0 heterocycles. The third-order valence-corrected chi connectivity index (χ3v) is 2.54. The van der Waals surface area contributed by atoms with Gasteiger partial charge in [-0.3, -0.25) is 0 Å². The van der Waals surface area contributed by atoms with E-state index in [1.165, 1.54) is 21.9 Å². The summed E-state index contributed by atoms with van der Waals surface area (Å²) in [5, 5.41) is 0. The summed E-state index contributed by atoms with van der Waals surface area (Å²) in [6.45, 7) is 2.81. The lowest BCUT2D eigenvalue weighted by atomic mass is 10.2. The molecule has 0 bridgehead atoms. The third kappa shape index (κ3) is 4.24. The maximum atomic E-state index is 13.0. The SMILES string of the molecule is C[NH+](C)CC[NH+](C)Cc1ccc(F)c(F)c1. The highest BCUT2D eigenvalue weighted by Crippen LogP contribution is 2.07. The number of hydrogen-bond donors (Lipinski definition) is 2. The lowest BCUT2D eigenvalue weighted by molar-refractivity contribution is -0.937. The summed E-state index contributed by atoms with van der Waals surface area (Å²) in [5.41, 5.74) is 0.838. The topological polar surface area (TPSA) is 8.88 Å². The van der Waals surface area contributed by atoms with Crippen LogP contribution >= 0.6 is 0 Å². The zero-order valence-corrected chi connectivity index (χ0v) is 10.1. The maximum Gasteiger partial charge on any atom is 0.159 e. The average Bonchev–Trinajstić information content (AvgIpc) is 2.21. The third-order valence-electron chi connectivity index (χ3n) is 2.54. The second-order valence-corrected chi connectivity index (χ2v) is 4.59. The van der Waals surface area contributed by atoms with Crippen LogP contribution in [0.2, 0.25) is 0 Å². The predicted molar refractivity (Wildman–Crippen MR) is 59.5 cm³/mol. The summed E-state index contributed by atoms with van der Waals surface area (Å²) in [4.78, 5) is 2.69. The number of benzene rings is 1. The fourth-order valence-electron chi connectivity index (χ4n) is 1.55. The predicted octanol–water partition coefficient (Wildman–Crippen LogP) is -0.876. The Morgan fingerprint density at radius 3 is 2.25 bits per heavy atom. The zero-order valence-electron chi connectivity index (χ0n) is 10.1. The van der Waals surface area contributed by atoms with Crippen LogP contribution in [0.4, 0.5) is 8.78 Å². The van der Waals surface area contributed by atoms with Crippen molar-refractivity contribution in [3.8, 4) is 0 Å². The molecule has 0 amide bonds. The summed E-state index contributed by atoms with van der Waals surface area (Å²) in [5.74, 6) is -1.54. The van der Waals surface area contributed by atoms with E-state index in [-0.39, 0.29) is 0 Å². The molecule has 0 saturated carbocycles. The standard InChI is InChI=1S/C12H18F2N2/c1-15(2)6-7-16(3)9-10-4-5-11(13)12(14)8-10/h4-5,8H,6-7,9H2,1-3H3/p+2. The summed E-state index contributed by atoms with van der Waals surface area (Å²) < 4.78 is 25.7. The van der Waals surface area contributed by atoms with E-state index in [2.05, 4.69) is 21.1 Å². The van der Waals surface area contributed by atoms with Crippen LogP contribution < -0.4 is 9.80 Å². The molecule has 1 aromatic rings. The number of rotatable bonds is 5. The van der Waals surface area contributed by atoms with Gasteiger partial charge in [0.15, 0.2) is 11.6 Å². The van der Waals surface area contributed by atoms with E-state index in [9.17, 15) is 8.78 Å². The lowest BCUT2D eigenvalue weighted by Crippen LogP contribution is -3.15. The van der Waals surface area contributed by atoms with Gasteiger partial charge in [0.2, 0.25) is 0 Å². The van der Waals surface area contributed by atoms with Gasteiger partial charge in [-0.05, 0) is 12.1 Å². The van der Waals surface area contributed by atoms with Crippen molar-refractivity contribution in [2.45, 2.75) is 6.54 Å². The van der Waals surface area contributed by atoms with E-state index in [0.717, 1.165) is 25.2 Å². The molecule has 0 aliphatic heterocycles. The Hall–Kier alpha value is -1.00. The van der Waals surface area contributed by atoms with Crippen molar-refractivity contribution in [3.05, 3.63) is 35.4 Å². The summed E-state index contributed by atoms with van der Waals surface area (Å²) in [7, 11) is 6.26. The molecule has 16 heavy (non-hydrogen) atoms. The number of hydrogen-bond acceptors (Lipinski definition) is 0. The van der Waals surface area contributed by atoms with E-state index in [1.54, 1.807) is 6.07 Å². The van der Waals surface area contributed by atoms with Crippen LogP contribution in [-0.4, -0.2) is 34.2 Å². The lowest BCUT2D eigenvalue weighted by Gasteiger charge is -2.15. The van der Waals surface area contributed by atoms with Crippen LogP contribution in [-0.2, 0) is 6.54 Å². The largest absolute Gasteiger partial charge is 0.335 e. The first-order chi connectivity index (χ1) is 7.49. The fraction of sp³-hybridized carbons (Fsp3) is 0.500. The molecule has 0 spiro atoms. The van der Waals surface area contributed by atoms with Crippen LogP contribution in [0.1, 0.15) is 5.56 Å². The van der Waals surface area contributed by atoms with Gasteiger partial charge in [-0.15, -0.1) is 0 Å². The maximum absolute atomic E-state index is 13.0. The van der Waals surface area contributed by atoms with Gasteiger partial charge >= 0.3 is 0 Å². The molecule has 1 aromatic carbocycles. The highest BCUT2D eigenvalue weighted by molar-refractivity contribution is 5.16. The minimum Gasteiger partial charge on any atom is -0.335 e. The van der Waals surface area contributed by atoms with Crippen LogP contribution in [0.15, 0.2) is 18.2 Å². The Morgan fingerprint density at radius 1 is 1.00 bits per heavy atom. The number of nitrogens with one attached hydrogen (secondary N) is 2. The molecular formula is C12H20F2N2+2. The molecule has 2 nitrogen and oxygen atoms in total. The second-order valence-electron chi connectivity index (χ2n) is 4.59. The Bertz CT molecular complexity index is 340. The zero-order chi connectivity index (χ0) is 12.1. The highest BCUT2D eigenvalue weighted by Gasteiger charge is 2.08. The average molecular weight is 230 g/mol. The minimum atomic E-state index is -0.779. The quantitative estimate of drug-likeness (QED) is 0.650. The monoisotopic (exact) mass is 230 g/mol. The summed E-state index contributed by atoms with van der Waals surface area (Å²) >= 11 is 0. The van der Waals surface area contributed by atoms with Crippen molar-refractivity contribution >= 4 is 0 Å². The van der Waals surface area contributed by atoms with Crippen molar-refractivity contribution in [2.75, 3.05) is 34.2 Å². The molecular weight excluding hydrogens is 210 g/mol. The highest BCUT2D eigenvalue weighted by atomic mass is 19.2. The van der Waals surface area contributed by atoms with Gasteiger partial charge < -0.3 is 9.80 Å². The smallest absolute Gasteiger partial charge is 0.159 e. The van der Waals surface area contributed by atoms with E-state index in [1.807, 2.05) is 0 Å². The van der Waals surface area contributed by atoms with Crippen LogP contribution in [0.3, 0.4) is 0 Å². The molecule has 0 aromatic heterocycles. The Morgan fingerprint density at radius 2 is 1.69 bits per heavy atom. The number of quaternary nitrogens is 2. The first-order valence-electron chi connectivity index (χ1n) is 5.53.